The van der Waals surface area contributed by atoms with Gasteiger partial charge in [-0.3, -0.25) is 0 Å². The van der Waals surface area contributed by atoms with Crippen molar-refractivity contribution in [3.05, 3.63) is 35.4 Å². The lowest BCUT2D eigenvalue weighted by atomic mass is 9.99. The fourth-order valence-corrected chi connectivity index (χ4v) is 2.34. The first-order valence-corrected chi connectivity index (χ1v) is 8.00. The van der Waals surface area contributed by atoms with Gasteiger partial charge in [-0.05, 0) is 43.6 Å². The maximum Gasteiger partial charge on any atom is 0.0509 e. The summed E-state index contributed by atoms with van der Waals surface area (Å²) in [6.45, 7) is 9.43. The smallest absolute Gasteiger partial charge is 0.0509 e. The van der Waals surface area contributed by atoms with Gasteiger partial charge in [-0.2, -0.15) is 0 Å². The summed E-state index contributed by atoms with van der Waals surface area (Å²) >= 11 is 0. The quantitative estimate of drug-likeness (QED) is 0.744. The second kappa shape index (κ2) is 7.80. The van der Waals surface area contributed by atoms with Crippen LogP contribution in [0.3, 0.4) is 0 Å². The maximum absolute atomic E-state index is 5.91. The van der Waals surface area contributed by atoms with Crippen molar-refractivity contribution in [3.8, 4) is 0 Å². The fraction of sp³-hybridized carbons (Fsp3) is 0.667. The third-order valence-corrected chi connectivity index (χ3v) is 3.86. The van der Waals surface area contributed by atoms with Crippen molar-refractivity contribution in [3.63, 3.8) is 0 Å². The molecule has 1 unspecified atom stereocenters. The number of hydrogen-bond donors (Lipinski definition) is 1. The van der Waals surface area contributed by atoms with Crippen LogP contribution >= 0.6 is 0 Å². The van der Waals surface area contributed by atoms with Crippen LogP contribution in [0.15, 0.2) is 24.3 Å². The molecule has 0 aliphatic heterocycles. The minimum atomic E-state index is 0.541. The van der Waals surface area contributed by atoms with E-state index >= 15 is 0 Å². The monoisotopic (exact) mass is 275 g/mol. The highest BCUT2D eigenvalue weighted by Gasteiger charge is 2.22. The maximum atomic E-state index is 5.91. The van der Waals surface area contributed by atoms with Gasteiger partial charge in [-0.1, -0.05) is 43.7 Å². The van der Waals surface area contributed by atoms with Crippen molar-refractivity contribution in [2.45, 2.75) is 46.1 Å². The lowest BCUT2D eigenvalue weighted by Gasteiger charge is -2.19. The molecule has 0 saturated heterocycles. The van der Waals surface area contributed by atoms with Crippen molar-refractivity contribution in [2.24, 2.45) is 11.8 Å². The van der Waals surface area contributed by atoms with Crippen LogP contribution in [-0.2, 0) is 11.2 Å². The van der Waals surface area contributed by atoms with E-state index in [1.54, 1.807) is 0 Å². The van der Waals surface area contributed by atoms with E-state index in [4.69, 9.17) is 4.74 Å². The molecule has 0 radical (unpaired) electrons. The zero-order valence-electron chi connectivity index (χ0n) is 13.2. The van der Waals surface area contributed by atoms with Crippen molar-refractivity contribution in [1.82, 2.24) is 5.32 Å². The highest BCUT2D eigenvalue weighted by atomic mass is 16.5. The van der Waals surface area contributed by atoms with Crippen molar-refractivity contribution >= 4 is 0 Å². The molecule has 112 valence electrons. The number of nitrogens with one attached hydrogen (secondary N) is 1. The minimum Gasteiger partial charge on any atom is -0.381 e. The average Bonchev–Trinajstić information content (AvgIpc) is 3.22. The second-order valence-corrected chi connectivity index (χ2v) is 6.60. The lowest BCUT2D eigenvalue weighted by molar-refractivity contribution is 0.0900. The van der Waals surface area contributed by atoms with E-state index in [0.29, 0.717) is 12.0 Å². The van der Waals surface area contributed by atoms with E-state index < -0.39 is 0 Å². The fourth-order valence-electron chi connectivity index (χ4n) is 2.34. The van der Waals surface area contributed by atoms with Crippen molar-refractivity contribution in [1.29, 1.82) is 0 Å². The van der Waals surface area contributed by atoms with Gasteiger partial charge < -0.3 is 10.1 Å². The Morgan fingerprint density at radius 2 is 1.90 bits per heavy atom. The predicted molar refractivity (Wildman–Crippen MR) is 85.1 cm³/mol. The van der Waals surface area contributed by atoms with Crippen LogP contribution in [0.25, 0.3) is 0 Å². The third-order valence-electron chi connectivity index (χ3n) is 3.86. The molecule has 1 N–H and O–H groups in total. The molecule has 0 spiro atoms. The summed E-state index contributed by atoms with van der Waals surface area (Å²) in [4.78, 5) is 0. The summed E-state index contributed by atoms with van der Waals surface area (Å²) in [7, 11) is 0. The molecule has 1 atom stereocenters. The number of hydrogen-bond acceptors (Lipinski definition) is 2. The van der Waals surface area contributed by atoms with Crippen molar-refractivity contribution < 1.29 is 4.74 Å². The molecule has 2 rings (SSSR count). The van der Waals surface area contributed by atoms with Crippen LogP contribution in [0.4, 0.5) is 0 Å². The number of rotatable bonds is 9. The molecular weight excluding hydrogens is 246 g/mol. The molecule has 20 heavy (non-hydrogen) atoms. The van der Waals surface area contributed by atoms with Crippen molar-refractivity contribution in [2.75, 3.05) is 19.8 Å². The SMILES string of the molecule is Cc1ccc(CC(CNC(C)C)COCC2CC2)cc1. The first kappa shape index (κ1) is 15.5. The van der Waals surface area contributed by atoms with Gasteiger partial charge in [-0.15, -0.1) is 0 Å². The molecule has 1 aliphatic rings. The number of aryl methyl sites for hydroxylation is 1. The number of benzene rings is 1. The molecule has 2 heteroatoms. The Morgan fingerprint density at radius 3 is 2.50 bits per heavy atom. The topological polar surface area (TPSA) is 21.3 Å². The van der Waals surface area contributed by atoms with Crippen LogP contribution in [0.2, 0.25) is 0 Å². The Kier molecular flexibility index (Phi) is 6.06. The predicted octanol–water partition coefficient (Wildman–Crippen LogP) is 3.58. The molecule has 1 aromatic carbocycles. The molecule has 0 aromatic heterocycles. The number of ether oxygens (including phenoxy) is 1. The molecule has 1 aromatic rings. The molecule has 1 saturated carbocycles. The third kappa shape index (κ3) is 6.06. The van der Waals surface area contributed by atoms with Crippen LogP contribution in [0.1, 0.15) is 37.8 Å². The molecule has 0 amide bonds. The van der Waals surface area contributed by atoms with Gasteiger partial charge in [0.05, 0.1) is 6.61 Å². The Bertz CT molecular complexity index is 381. The van der Waals surface area contributed by atoms with Gasteiger partial charge in [0.15, 0.2) is 0 Å². The highest BCUT2D eigenvalue weighted by molar-refractivity contribution is 5.21. The average molecular weight is 275 g/mol. The van der Waals surface area contributed by atoms with E-state index in [2.05, 4.69) is 50.4 Å². The van der Waals surface area contributed by atoms with Gasteiger partial charge in [0, 0.05) is 19.2 Å². The Balaban J connectivity index is 1.80. The van der Waals surface area contributed by atoms with Gasteiger partial charge in [0.2, 0.25) is 0 Å². The second-order valence-electron chi connectivity index (χ2n) is 6.60. The Labute approximate surface area is 123 Å². The van der Waals surface area contributed by atoms with E-state index in [1.807, 2.05) is 0 Å². The summed E-state index contributed by atoms with van der Waals surface area (Å²) in [6.07, 6.45) is 3.84. The van der Waals surface area contributed by atoms with Crippen LogP contribution in [0, 0.1) is 18.8 Å². The van der Waals surface area contributed by atoms with E-state index in [1.165, 1.54) is 24.0 Å². The standard InChI is InChI=1S/C18H29NO/c1-14(2)19-11-18(13-20-12-17-8-9-17)10-16-6-4-15(3)5-7-16/h4-7,14,17-19H,8-13H2,1-3H3. The van der Waals surface area contributed by atoms with Crippen LogP contribution in [0.5, 0.6) is 0 Å². The molecule has 1 aliphatic carbocycles. The Morgan fingerprint density at radius 1 is 1.20 bits per heavy atom. The zero-order chi connectivity index (χ0) is 14.4. The lowest BCUT2D eigenvalue weighted by Crippen LogP contribution is -2.32. The zero-order valence-corrected chi connectivity index (χ0v) is 13.2. The van der Waals surface area contributed by atoms with Gasteiger partial charge in [0.25, 0.3) is 0 Å². The molecule has 0 heterocycles. The van der Waals surface area contributed by atoms with Gasteiger partial charge >= 0.3 is 0 Å². The first-order chi connectivity index (χ1) is 9.63. The molecule has 0 bridgehead atoms. The molecular formula is C18H29NO. The highest BCUT2D eigenvalue weighted by Crippen LogP contribution is 2.29. The summed E-state index contributed by atoms with van der Waals surface area (Å²) in [5.74, 6) is 1.42. The summed E-state index contributed by atoms with van der Waals surface area (Å²) in [5.41, 5.74) is 2.75. The first-order valence-electron chi connectivity index (χ1n) is 8.00. The van der Waals surface area contributed by atoms with Crippen LogP contribution < -0.4 is 5.32 Å². The molecule has 1 fully saturated rings. The van der Waals surface area contributed by atoms with E-state index in [9.17, 15) is 0 Å². The van der Waals surface area contributed by atoms with Gasteiger partial charge in [-0.25, -0.2) is 0 Å². The van der Waals surface area contributed by atoms with Crippen LogP contribution in [-0.4, -0.2) is 25.8 Å². The Hall–Kier alpha value is -0.860. The summed E-state index contributed by atoms with van der Waals surface area (Å²) in [5, 5.41) is 3.55. The van der Waals surface area contributed by atoms with E-state index in [0.717, 1.165) is 32.1 Å². The normalized spacial score (nSPS) is 16.6. The van der Waals surface area contributed by atoms with E-state index in [-0.39, 0.29) is 0 Å². The summed E-state index contributed by atoms with van der Waals surface area (Å²) < 4.78 is 5.91. The largest absolute Gasteiger partial charge is 0.381 e. The minimum absolute atomic E-state index is 0.541. The van der Waals surface area contributed by atoms with Gasteiger partial charge in [0.1, 0.15) is 0 Å². The molecule has 2 nitrogen and oxygen atoms in total. The summed E-state index contributed by atoms with van der Waals surface area (Å²) in [6, 6.07) is 9.44.